The summed E-state index contributed by atoms with van der Waals surface area (Å²) in [6.07, 6.45) is 12.3. The second-order valence-corrected chi connectivity index (χ2v) is 22.1. The molecule has 4 N–H and O–H groups in total. The van der Waals surface area contributed by atoms with Crippen LogP contribution >= 0.6 is 0 Å². The topological polar surface area (TPSA) is 226 Å². The van der Waals surface area contributed by atoms with E-state index in [4.69, 9.17) is 10.7 Å². The minimum atomic E-state index is -0.976. The molecule has 0 saturated carbocycles. The molecular weight excluding hydrogens is 1060 g/mol. The molecule has 5 aliphatic rings. The number of hydrogen-bond acceptors (Lipinski definition) is 16. The number of nitrogens with two attached hydrogens (primary N) is 1. The molecule has 4 fully saturated rings. The number of piperazine rings is 1. The molecule has 0 spiro atoms. The quantitative estimate of drug-likeness (QED) is 0.0707. The van der Waals surface area contributed by atoms with Crippen LogP contribution in [0.2, 0.25) is 0 Å². The molecule has 5 aliphatic heterocycles. The van der Waals surface area contributed by atoms with Gasteiger partial charge in [0.2, 0.25) is 11.8 Å². The van der Waals surface area contributed by atoms with Gasteiger partial charge in [0, 0.05) is 110 Å². The van der Waals surface area contributed by atoms with Gasteiger partial charge in [0.05, 0.1) is 41.3 Å². The number of carbonyl (C=O) groups excluding carboxylic acids is 5. The predicted octanol–water partition coefficient (Wildman–Crippen LogP) is 6.58. The SMILES string of the molecule is CN1CCC(n2cc(CNc3cccc4c3C(=O)N(C3CCC(=O)NC3=O)C4=O)cn2)CC1.Cc1nc2ccc(-c3ccnc(N)c3)nc2n1-c1cc(F)c(N2CC(C)N(CC#Cc3ccc(N4CCC(C=O)CC4)nc3)C(C)C2)c(F)c1. The van der Waals surface area contributed by atoms with Crippen LogP contribution < -0.4 is 26.2 Å². The Morgan fingerprint density at radius 2 is 1.60 bits per heavy atom. The summed E-state index contributed by atoms with van der Waals surface area (Å²) in [5, 5.41) is 10.00. The number of benzene rings is 2. The molecule has 22 heteroatoms. The van der Waals surface area contributed by atoms with Crippen LogP contribution in [0.5, 0.6) is 0 Å². The van der Waals surface area contributed by atoms with Crippen LogP contribution in [0, 0.1) is 36.3 Å². The van der Waals surface area contributed by atoms with Gasteiger partial charge < -0.3 is 30.5 Å². The van der Waals surface area contributed by atoms with Crippen molar-refractivity contribution in [3.05, 3.63) is 131 Å². The first-order valence-corrected chi connectivity index (χ1v) is 28.1. The molecule has 0 bridgehead atoms. The van der Waals surface area contributed by atoms with Crippen molar-refractivity contribution in [1.82, 2.24) is 54.3 Å². The molecule has 4 amide bonds. The van der Waals surface area contributed by atoms with E-state index in [0.717, 1.165) is 85.6 Å². The molecule has 4 saturated heterocycles. The van der Waals surface area contributed by atoms with Gasteiger partial charge in [-0.2, -0.15) is 5.10 Å². The van der Waals surface area contributed by atoms with E-state index in [0.29, 0.717) is 72.1 Å². The predicted molar refractivity (Wildman–Crippen MR) is 310 cm³/mol. The smallest absolute Gasteiger partial charge is 0.264 e. The van der Waals surface area contributed by atoms with E-state index in [1.165, 1.54) is 12.1 Å². The lowest BCUT2D eigenvalue weighted by Crippen LogP contribution is -2.57. The van der Waals surface area contributed by atoms with Gasteiger partial charge in [-0.15, -0.1) is 0 Å². The van der Waals surface area contributed by atoms with Gasteiger partial charge in [0.15, 0.2) is 17.3 Å². The van der Waals surface area contributed by atoms with Crippen LogP contribution in [-0.4, -0.2) is 150 Å². The lowest BCUT2D eigenvalue weighted by molar-refractivity contribution is -0.136. The number of nitrogens with zero attached hydrogens (tertiary/aromatic N) is 12. The number of pyridine rings is 3. The Morgan fingerprint density at radius 1 is 0.843 bits per heavy atom. The van der Waals surface area contributed by atoms with Crippen LogP contribution in [0.25, 0.3) is 28.1 Å². The zero-order chi connectivity index (χ0) is 58.1. The Bertz CT molecular complexity index is 3660. The van der Waals surface area contributed by atoms with E-state index in [-0.39, 0.29) is 47.7 Å². The number of anilines is 4. The van der Waals surface area contributed by atoms with Crippen molar-refractivity contribution in [2.24, 2.45) is 5.92 Å². The Morgan fingerprint density at radius 3 is 2.30 bits per heavy atom. The molecule has 3 unspecified atom stereocenters. The molecule has 5 aromatic heterocycles. The number of likely N-dealkylation sites (tertiary alicyclic amines) is 1. The number of aromatic nitrogens is 7. The van der Waals surface area contributed by atoms with Gasteiger partial charge in [-0.25, -0.2) is 28.7 Å². The van der Waals surface area contributed by atoms with Gasteiger partial charge in [-0.05, 0) is 122 Å². The summed E-state index contributed by atoms with van der Waals surface area (Å²) in [7, 11) is 2.13. The summed E-state index contributed by atoms with van der Waals surface area (Å²) in [5.74, 6) is 5.15. The number of aldehydes is 1. The van der Waals surface area contributed by atoms with Gasteiger partial charge in [-0.3, -0.25) is 43.5 Å². The zero-order valence-corrected chi connectivity index (χ0v) is 46.8. The summed E-state index contributed by atoms with van der Waals surface area (Å²) in [5.41, 5.74) is 11.5. The fourth-order valence-corrected chi connectivity index (χ4v) is 11.9. The third-order valence-corrected chi connectivity index (χ3v) is 16.4. The molecule has 12 rings (SSSR count). The number of imidazole rings is 1. The van der Waals surface area contributed by atoms with E-state index < -0.39 is 41.3 Å². The Hall–Kier alpha value is -8.94. The Kier molecular flexibility index (Phi) is 16.1. The minimum absolute atomic E-state index is 0.00556. The van der Waals surface area contributed by atoms with Crippen molar-refractivity contribution < 1.29 is 32.8 Å². The maximum absolute atomic E-state index is 15.9. The highest BCUT2D eigenvalue weighted by atomic mass is 19.1. The number of halogens is 2. The number of aryl methyl sites for hydroxylation is 1. The first-order chi connectivity index (χ1) is 40.1. The molecule has 7 aromatic rings. The van der Waals surface area contributed by atoms with Gasteiger partial charge in [-0.1, -0.05) is 17.9 Å². The van der Waals surface area contributed by atoms with Gasteiger partial charge in [0.1, 0.15) is 41.0 Å². The van der Waals surface area contributed by atoms with Crippen LogP contribution in [0.4, 0.5) is 31.8 Å². The summed E-state index contributed by atoms with van der Waals surface area (Å²) >= 11 is 0. The lowest BCUT2D eigenvalue weighted by atomic mass is 9.99. The van der Waals surface area contributed by atoms with E-state index in [9.17, 15) is 24.0 Å². The standard InChI is InChI=1S/C38H39F2N9O.C23H26N6O4/c1-24-21-47(22-25(2)48(24)14-4-5-27-6-9-36(43-20-27)46-15-11-28(23-50)12-16-46)37-31(39)18-30(19-32(37)40)49-26(3)44-34-8-7-33(45-38(34)49)29-10-13-42-35(41)17-29;1-27-9-7-15(8-10-27)28-13-14(12-25-28)11-24-17-4-2-3-16-20(17)23(33)29(22(16)32)18-5-6-19(30)26-21(18)31/h6-10,13,17-20,23-25,28H,11-12,14-16,21-22H2,1-3H3,(H2,41,42);2-4,12-13,15,18,24H,5-11H2,1H3,(H,26,30,31). The molecule has 428 valence electrons. The second-order valence-electron chi connectivity index (χ2n) is 22.1. The van der Waals surface area contributed by atoms with Crippen molar-refractivity contribution in [2.75, 3.05) is 73.7 Å². The number of hydrogen-bond donors (Lipinski definition) is 3. The third kappa shape index (κ3) is 11.8. The molecule has 2 aromatic carbocycles. The normalized spacial score (nSPS) is 20.0. The van der Waals surface area contributed by atoms with Crippen LogP contribution in [-0.2, 0) is 20.9 Å². The summed E-state index contributed by atoms with van der Waals surface area (Å²) in [4.78, 5) is 88.5. The molecule has 83 heavy (non-hydrogen) atoms. The summed E-state index contributed by atoms with van der Waals surface area (Å²) in [6, 6.07) is 18.3. The number of fused-ring (bicyclic) bond motifs is 2. The fraction of sp³-hybridized carbons (Fsp3) is 0.377. The molecular formula is C61H65F2N15O5. The monoisotopic (exact) mass is 1130 g/mol. The molecule has 0 radical (unpaired) electrons. The van der Waals surface area contributed by atoms with Gasteiger partial charge in [0.25, 0.3) is 11.8 Å². The number of rotatable bonds is 11. The number of piperidine rings is 3. The highest BCUT2D eigenvalue weighted by Gasteiger charge is 2.46. The first-order valence-electron chi connectivity index (χ1n) is 28.1. The van der Waals surface area contributed by atoms with E-state index in [1.807, 2.05) is 41.3 Å². The molecule has 10 heterocycles. The highest BCUT2D eigenvalue weighted by molar-refractivity contribution is 6.25. The largest absolute Gasteiger partial charge is 0.384 e. The zero-order valence-electron chi connectivity index (χ0n) is 46.8. The minimum Gasteiger partial charge on any atom is -0.384 e. The molecule has 20 nitrogen and oxygen atoms in total. The maximum atomic E-state index is 15.9. The van der Waals surface area contributed by atoms with Crippen LogP contribution in [0.3, 0.4) is 0 Å². The average Bonchev–Trinajstić information content (AvgIpc) is 3.53. The number of nitrogens with one attached hydrogen (secondary N) is 2. The number of carbonyl (C=O) groups is 5. The van der Waals surface area contributed by atoms with Crippen molar-refractivity contribution in [1.29, 1.82) is 0 Å². The number of imide groups is 2. The lowest BCUT2D eigenvalue weighted by Gasteiger charge is -2.44. The van der Waals surface area contributed by atoms with Crippen molar-refractivity contribution in [3.8, 4) is 28.8 Å². The van der Waals surface area contributed by atoms with Gasteiger partial charge >= 0.3 is 0 Å². The summed E-state index contributed by atoms with van der Waals surface area (Å²) < 4.78 is 35.5. The van der Waals surface area contributed by atoms with Crippen molar-refractivity contribution >= 4 is 64.1 Å². The highest BCUT2D eigenvalue weighted by Crippen LogP contribution is 2.35. The second kappa shape index (κ2) is 23.9. The van der Waals surface area contributed by atoms with Crippen molar-refractivity contribution in [2.45, 2.75) is 90.0 Å². The maximum Gasteiger partial charge on any atom is 0.264 e. The molecule has 3 atom stereocenters. The number of amides is 4. The van der Waals surface area contributed by atoms with E-state index in [1.54, 1.807) is 59.1 Å². The molecule has 0 aliphatic carbocycles. The first kappa shape index (κ1) is 55.9. The number of nitrogen functional groups attached to an aromatic ring is 1. The Labute approximate surface area is 479 Å². The average molecular weight is 1130 g/mol. The van der Waals surface area contributed by atoms with Crippen LogP contribution in [0.15, 0.2) is 91.5 Å². The van der Waals surface area contributed by atoms with E-state index in [2.05, 4.69) is 78.1 Å². The van der Waals surface area contributed by atoms with Crippen molar-refractivity contribution in [3.63, 3.8) is 0 Å². The Balaban J connectivity index is 0.000000189. The van der Waals surface area contributed by atoms with Crippen LogP contribution in [0.1, 0.15) is 96.1 Å². The summed E-state index contributed by atoms with van der Waals surface area (Å²) in [6.45, 7) is 11.5. The third-order valence-electron chi connectivity index (χ3n) is 16.4. The van der Waals surface area contributed by atoms with E-state index >= 15 is 8.78 Å². The fourth-order valence-electron chi connectivity index (χ4n) is 11.9.